The number of rotatable bonds is 7. The van der Waals surface area contributed by atoms with Gasteiger partial charge in [-0.15, -0.1) is 0 Å². The summed E-state index contributed by atoms with van der Waals surface area (Å²) in [6, 6.07) is 7.50. The highest BCUT2D eigenvalue weighted by Crippen LogP contribution is 2.12. The molecular formula is C14H19NO3. The van der Waals surface area contributed by atoms with E-state index in [-0.39, 0.29) is 6.42 Å². The SMILES string of the molecule is CC(C)N/C=C/COc1ccc(CC(=O)O)cc1. The molecule has 0 aliphatic rings. The maximum Gasteiger partial charge on any atom is 0.307 e. The van der Waals surface area contributed by atoms with Crippen LogP contribution in [0.2, 0.25) is 0 Å². The summed E-state index contributed by atoms with van der Waals surface area (Å²) in [7, 11) is 0. The molecule has 1 aromatic carbocycles. The van der Waals surface area contributed by atoms with Gasteiger partial charge in [0.25, 0.3) is 0 Å². The summed E-state index contributed by atoms with van der Waals surface area (Å²) in [5.74, 6) is -0.0929. The fourth-order valence-electron chi connectivity index (χ4n) is 1.33. The molecule has 0 aromatic heterocycles. The molecule has 2 N–H and O–H groups in total. The molecule has 0 heterocycles. The van der Waals surface area contributed by atoms with Crippen LogP contribution in [0.25, 0.3) is 0 Å². The Balaban J connectivity index is 2.35. The number of ether oxygens (including phenoxy) is 1. The summed E-state index contributed by atoms with van der Waals surface area (Å²) >= 11 is 0. The molecule has 0 radical (unpaired) electrons. The Morgan fingerprint density at radius 2 is 2.06 bits per heavy atom. The van der Waals surface area contributed by atoms with Crippen LogP contribution in [0, 0.1) is 0 Å². The quantitative estimate of drug-likeness (QED) is 0.777. The van der Waals surface area contributed by atoms with Gasteiger partial charge >= 0.3 is 5.97 Å². The van der Waals surface area contributed by atoms with E-state index in [0.29, 0.717) is 12.6 Å². The molecule has 0 spiro atoms. The van der Waals surface area contributed by atoms with Gasteiger partial charge in [-0.2, -0.15) is 0 Å². The Bertz CT molecular complexity index is 396. The first-order chi connectivity index (χ1) is 8.58. The summed E-state index contributed by atoms with van der Waals surface area (Å²) in [6.45, 7) is 4.61. The first-order valence-corrected chi connectivity index (χ1v) is 5.92. The molecular weight excluding hydrogens is 230 g/mol. The van der Waals surface area contributed by atoms with E-state index in [2.05, 4.69) is 19.2 Å². The lowest BCUT2D eigenvalue weighted by molar-refractivity contribution is -0.136. The average Bonchev–Trinajstić information content (AvgIpc) is 2.30. The third kappa shape index (κ3) is 5.94. The van der Waals surface area contributed by atoms with Gasteiger partial charge in [-0.1, -0.05) is 12.1 Å². The van der Waals surface area contributed by atoms with Crippen molar-refractivity contribution in [1.82, 2.24) is 5.32 Å². The first-order valence-electron chi connectivity index (χ1n) is 5.92. The van der Waals surface area contributed by atoms with E-state index in [1.165, 1.54) is 0 Å². The van der Waals surface area contributed by atoms with Crippen molar-refractivity contribution >= 4 is 5.97 Å². The number of hydrogen-bond acceptors (Lipinski definition) is 3. The van der Waals surface area contributed by atoms with Gasteiger partial charge in [0.2, 0.25) is 0 Å². The highest BCUT2D eigenvalue weighted by atomic mass is 16.5. The normalized spacial score (nSPS) is 10.8. The van der Waals surface area contributed by atoms with Crippen LogP contribution in [0.5, 0.6) is 5.75 Å². The minimum absolute atomic E-state index is 0.0402. The van der Waals surface area contributed by atoms with Crippen molar-refractivity contribution in [2.75, 3.05) is 6.61 Å². The molecule has 18 heavy (non-hydrogen) atoms. The summed E-state index contributed by atoms with van der Waals surface area (Å²) in [5.41, 5.74) is 0.770. The minimum Gasteiger partial charge on any atom is -0.489 e. The first kappa shape index (κ1) is 14.1. The fourth-order valence-corrected chi connectivity index (χ4v) is 1.33. The molecule has 1 aromatic rings. The highest BCUT2D eigenvalue weighted by molar-refractivity contribution is 5.70. The Morgan fingerprint density at radius 1 is 1.39 bits per heavy atom. The van der Waals surface area contributed by atoms with E-state index in [1.54, 1.807) is 24.3 Å². The maximum atomic E-state index is 10.5. The van der Waals surface area contributed by atoms with Crippen molar-refractivity contribution in [1.29, 1.82) is 0 Å². The second-order valence-corrected chi connectivity index (χ2v) is 4.25. The van der Waals surface area contributed by atoms with Gasteiger partial charge in [0.15, 0.2) is 0 Å². The van der Waals surface area contributed by atoms with Crippen LogP contribution in [0.4, 0.5) is 0 Å². The number of carboxylic acid groups (broad SMARTS) is 1. The second-order valence-electron chi connectivity index (χ2n) is 4.25. The lowest BCUT2D eigenvalue weighted by atomic mass is 10.1. The zero-order chi connectivity index (χ0) is 13.4. The topological polar surface area (TPSA) is 58.6 Å². The molecule has 0 saturated carbocycles. The van der Waals surface area contributed by atoms with Gasteiger partial charge in [-0.25, -0.2) is 0 Å². The molecule has 0 aliphatic heterocycles. The van der Waals surface area contributed by atoms with Crippen LogP contribution < -0.4 is 10.1 Å². The third-order valence-electron chi connectivity index (χ3n) is 2.17. The smallest absolute Gasteiger partial charge is 0.307 e. The Kier molecular flexibility index (Phi) is 5.77. The molecule has 0 amide bonds. The van der Waals surface area contributed by atoms with Gasteiger partial charge in [-0.05, 0) is 43.8 Å². The molecule has 98 valence electrons. The van der Waals surface area contributed by atoms with Gasteiger partial charge in [0.1, 0.15) is 12.4 Å². The van der Waals surface area contributed by atoms with Crippen molar-refractivity contribution in [3.8, 4) is 5.75 Å². The number of nitrogens with one attached hydrogen (secondary N) is 1. The number of carboxylic acids is 1. The number of aliphatic carboxylic acids is 1. The predicted octanol–water partition coefficient (Wildman–Crippen LogP) is 2.20. The third-order valence-corrected chi connectivity index (χ3v) is 2.17. The maximum absolute atomic E-state index is 10.5. The number of hydrogen-bond donors (Lipinski definition) is 2. The summed E-state index contributed by atoms with van der Waals surface area (Å²) in [6.07, 6.45) is 3.80. The van der Waals surface area contributed by atoms with Gasteiger partial charge in [-0.3, -0.25) is 4.79 Å². The van der Waals surface area contributed by atoms with E-state index >= 15 is 0 Å². The van der Waals surface area contributed by atoms with Crippen LogP contribution in [0.3, 0.4) is 0 Å². The van der Waals surface area contributed by atoms with Crippen LogP contribution in [-0.2, 0) is 11.2 Å². The summed E-state index contributed by atoms with van der Waals surface area (Å²) in [4.78, 5) is 10.5. The van der Waals surface area contributed by atoms with Crippen molar-refractivity contribution in [3.63, 3.8) is 0 Å². The molecule has 0 aliphatic carbocycles. The van der Waals surface area contributed by atoms with Gasteiger partial charge in [0.05, 0.1) is 6.42 Å². The monoisotopic (exact) mass is 249 g/mol. The molecule has 0 fully saturated rings. The molecule has 1 rings (SSSR count). The Hall–Kier alpha value is -1.97. The molecule has 4 heteroatoms. The molecule has 0 saturated heterocycles. The van der Waals surface area contributed by atoms with Crippen molar-refractivity contribution in [3.05, 3.63) is 42.1 Å². The minimum atomic E-state index is -0.827. The fraction of sp³-hybridized carbons (Fsp3) is 0.357. The zero-order valence-electron chi connectivity index (χ0n) is 10.7. The number of benzene rings is 1. The van der Waals surface area contributed by atoms with Crippen molar-refractivity contribution in [2.45, 2.75) is 26.3 Å². The molecule has 0 atom stereocenters. The van der Waals surface area contributed by atoms with Crippen LogP contribution in [-0.4, -0.2) is 23.7 Å². The summed E-state index contributed by atoms with van der Waals surface area (Å²) < 4.78 is 5.47. The van der Waals surface area contributed by atoms with E-state index < -0.39 is 5.97 Å². The standard InChI is InChI=1S/C14H19NO3/c1-11(2)15-8-3-9-18-13-6-4-12(5-7-13)10-14(16)17/h3-8,11,15H,9-10H2,1-2H3,(H,16,17)/b8-3+. The molecule has 0 bridgehead atoms. The molecule has 0 unspecified atom stereocenters. The van der Waals surface area contributed by atoms with Gasteiger partial charge < -0.3 is 15.2 Å². The average molecular weight is 249 g/mol. The van der Waals surface area contributed by atoms with E-state index in [9.17, 15) is 4.79 Å². The lowest BCUT2D eigenvalue weighted by Crippen LogP contribution is -2.15. The number of carbonyl (C=O) groups is 1. The van der Waals surface area contributed by atoms with Crippen LogP contribution in [0.1, 0.15) is 19.4 Å². The zero-order valence-corrected chi connectivity index (χ0v) is 10.7. The largest absolute Gasteiger partial charge is 0.489 e. The highest BCUT2D eigenvalue weighted by Gasteiger charge is 2.00. The predicted molar refractivity (Wildman–Crippen MR) is 70.7 cm³/mol. The van der Waals surface area contributed by atoms with Crippen LogP contribution in [0.15, 0.2) is 36.5 Å². The van der Waals surface area contributed by atoms with Crippen molar-refractivity contribution in [2.24, 2.45) is 0 Å². The Labute approximate surface area is 107 Å². The Morgan fingerprint density at radius 3 is 2.61 bits per heavy atom. The summed E-state index contributed by atoms with van der Waals surface area (Å²) in [5, 5.41) is 11.8. The van der Waals surface area contributed by atoms with Crippen molar-refractivity contribution < 1.29 is 14.6 Å². The van der Waals surface area contributed by atoms with E-state index in [1.807, 2.05) is 12.3 Å². The van der Waals surface area contributed by atoms with Gasteiger partial charge in [0, 0.05) is 6.04 Å². The van der Waals surface area contributed by atoms with Crippen LogP contribution >= 0.6 is 0 Å². The van der Waals surface area contributed by atoms with E-state index in [4.69, 9.17) is 9.84 Å². The second kappa shape index (κ2) is 7.37. The lowest BCUT2D eigenvalue weighted by Gasteiger charge is -2.05. The van der Waals surface area contributed by atoms with E-state index in [0.717, 1.165) is 11.3 Å². The molecule has 4 nitrogen and oxygen atoms in total.